The van der Waals surface area contributed by atoms with Crippen LogP contribution in [-0.2, 0) is 20.0 Å². The van der Waals surface area contributed by atoms with E-state index in [0.29, 0.717) is 0 Å². The Labute approximate surface area is 162 Å². The molecule has 0 bridgehead atoms. The maximum atomic E-state index is 4.31. The average molecular weight is 440 g/mol. The highest BCUT2D eigenvalue weighted by molar-refractivity contribution is 14.0. The monoisotopic (exact) mass is 440 g/mol. The maximum Gasteiger partial charge on any atom is 0.191 e. The quantitative estimate of drug-likeness (QED) is 0.410. The lowest BCUT2D eigenvalue weighted by molar-refractivity contribution is 0.359. The van der Waals surface area contributed by atoms with Gasteiger partial charge in [-0.25, -0.2) is 0 Å². The first-order valence-corrected chi connectivity index (χ1v) is 8.08. The first-order valence-electron chi connectivity index (χ1n) is 8.08. The molecule has 0 aliphatic heterocycles. The van der Waals surface area contributed by atoms with E-state index in [9.17, 15) is 0 Å². The highest BCUT2D eigenvalue weighted by Gasteiger charge is 2.18. The van der Waals surface area contributed by atoms with Crippen molar-refractivity contribution in [3.05, 3.63) is 59.9 Å². The van der Waals surface area contributed by atoms with Crippen LogP contribution in [0.5, 0.6) is 0 Å². The summed E-state index contributed by atoms with van der Waals surface area (Å²) in [5, 5.41) is 6.80. The van der Waals surface area contributed by atoms with Gasteiger partial charge in [0.1, 0.15) is 0 Å². The largest absolute Gasteiger partial charge is 0.357 e. The zero-order chi connectivity index (χ0) is 16.7. The Kier molecular flexibility index (Phi) is 8.31. The summed E-state index contributed by atoms with van der Waals surface area (Å²) in [5.41, 5.74) is 2.77. The van der Waals surface area contributed by atoms with E-state index in [-0.39, 0.29) is 29.4 Å². The number of rotatable bonds is 6. The van der Waals surface area contributed by atoms with Crippen LogP contribution in [0.15, 0.2) is 53.8 Å². The molecule has 4 nitrogen and oxygen atoms in total. The molecule has 0 saturated carbocycles. The van der Waals surface area contributed by atoms with Gasteiger partial charge < -0.3 is 15.2 Å². The number of nitrogens with one attached hydrogen (secondary N) is 2. The van der Waals surface area contributed by atoms with Crippen LogP contribution in [-0.4, -0.2) is 24.1 Å². The Hall–Kier alpha value is -1.50. The summed E-state index contributed by atoms with van der Waals surface area (Å²) in [6.45, 7) is 6.20. The van der Waals surface area contributed by atoms with Gasteiger partial charge in [-0.05, 0) is 29.0 Å². The van der Waals surface area contributed by atoms with Crippen LogP contribution in [0.1, 0.15) is 25.0 Å². The topological polar surface area (TPSA) is 41.4 Å². The Balaban J connectivity index is 0.00000288. The van der Waals surface area contributed by atoms with E-state index in [0.717, 1.165) is 25.5 Å². The van der Waals surface area contributed by atoms with Gasteiger partial charge in [0.2, 0.25) is 0 Å². The fourth-order valence-electron chi connectivity index (χ4n) is 2.61. The standard InChI is InChI=1S/C19H28N4.HI/c1-19(2,12-16-8-6-5-7-9-16)15-22-18(20-3)21-13-17-10-11-23(4)14-17;/h5-11,14H,12-13,15H2,1-4H3,(H2,20,21,22);1H. The van der Waals surface area contributed by atoms with Crippen molar-refractivity contribution in [3.8, 4) is 0 Å². The number of halogens is 1. The summed E-state index contributed by atoms with van der Waals surface area (Å²) in [5.74, 6) is 0.843. The number of aliphatic imine (C=N–C) groups is 1. The molecule has 0 atom stereocenters. The van der Waals surface area contributed by atoms with Gasteiger partial charge in [-0.3, -0.25) is 4.99 Å². The van der Waals surface area contributed by atoms with E-state index < -0.39 is 0 Å². The molecule has 5 heteroatoms. The summed E-state index contributed by atoms with van der Waals surface area (Å²) >= 11 is 0. The molecule has 1 aromatic carbocycles. The average Bonchev–Trinajstić information content (AvgIpc) is 2.93. The molecule has 0 aliphatic rings. The molecular formula is C19H29IN4. The second kappa shape index (κ2) is 9.71. The van der Waals surface area contributed by atoms with E-state index in [1.165, 1.54) is 11.1 Å². The predicted molar refractivity (Wildman–Crippen MR) is 113 cm³/mol. The molecule has 0 radical (unpaired) electrons. The van der Waals surface area contributed by atoms with Gasteiger partial charge in [-0.2, -0.15) is 0 Å². The van der Waals surface area contributed by atoms with E-state index >= 15 is 0 Å². The summed E-state index contributed by atoms with van der Waals surface area (Å²) in [6.07, 6.45) is 5.20. The third-order valence-electron chi connectivity index (χ3n) is 3.84. The van der Waals surface area contributed by atoms with Crippen LogP contribution in [0.2, 0.25) is 0 Å². The fraction of sp³-hybridized carbons (Fsp3) is 0.421. The number of hydrogen-bond acceptors (Lipinski definition) is 1. The Morgan fingerprint density at radius 1 is 1.08 bits per heavy atom. The van der Waals surface area contributed by atoms with Crippen molar-refractivity contribution < 1.29 is 0 Å². The Morgan fingerprint density at radius 2 is 1.79 bits per heavy atom. The number of aromatic nitrogens is 1. The Bertz CT molecular complexity index is 632. The zero-order valence-corrected chi connectivity index (χ0v) is 17.4. The van der Waals surface area contributed by atoms with Gasteiger partial charge in [-0.15, -0.1) is 24.0 Å². The van der Waals surface area contributed by atoms with E-state index in [2.05, 4.69) is 82.8 Å². The molecule has 2 rings (SSSR count). The van der Waals surface area contributed by atoms with Crippen LogP contribution in [0, 0.1) is 5.41 Å². The maximum absolute atomic E-state index is 4.31. The fourth-order valence-corrected chi connectivity index (χ4v) is 2.61. The number of hydrogen-bond donors (Lipinski definition) is 2. The molecule has 0 unspecified atom stereocenters. The summed E-state index contributed by atoms with van der Waals surface area (Å²) in [6, 6.07) is 12.7. The van der Waals surface area contributed by atoms with Crippen molar-refractivity contribution in [2.75, 3.05) is 13.6 Å². The highest BCUT2D eigenvalue weighted by atomic mass is 127. The van der Waals surface area contributed by atoms with E-state index in [1.807, 2.05) is 14.1 Å². The second-order valence-electron chi connectivity index (χ2n) is 6.79. The molecule has 1 aromatic heterocycles. The minimum absolute atomic E-state index is 0. The molecule has 0 amide bonds. The molecule has 1 heterocycles. The second-order valence-corrected chi connectivity index (χ2v) is 6.79. The van der Waals surface area contributed by atoms with Crippen LogP contribution >= 0.6 is 24.0 Å². The first-order chi connectivity index (χ1) is 11.0. The van der Waals surface area contributed by atoms with Crippen LogP contribution in [0.25, 0.3) is 0 Å². The molecule has 2 aromatic rings. The van der Waals surface area contributed by atoms with Crippen LogP contribution < -0.4 is 10.6 Å². The molecule has 0 fully saturated rings. The smallest absolute Gasteiger partial charge is 0.191 e. The molecule has 0 spiro atoms. The predicted octanol–water partition coefficient (Wildman–Crippen LogP) is 3.58. The number of aryl methyl sites for hydroxylation is 1. The lowest BCUT2D eigenvalue weighted by Crippen LogP contribution is -2.42. The van der Waals surface area contributed by atoms with Gasteiger partial charge in [0, 0.05) is 39.6 Å². The van der Waals surface area contributed by atoms with E-state index in [4.69, 9.17) is 0 Å². The van der Waals surface area contributed by atoms with Crippen molar-refractivity contribution in [3.63, 3.8) is 0 Å². The van der Waals surface area contributed by atoms with E-state index in [1.54, 1.807) is 0 Å². The number of benzene rings is 1. The minimum Gasteiger partial charge on any atom is -0.357 e. The van der Waals surface area contributed by atoms with Crippen LogP contribution in [0.3, 0.4) is 0 Å². The molecule has 0 aliphatic carbocycles. The molecule has 132 valence electrons. The minimum atomic E-state index is 0. The highest BCUT2D eigenvalue weighted by Crippen LogP contribution is 2.20. The molecule has 24 heavy (non-hydrogen) atoms. The van der Waals surface area contributed by atoms with Gasteiger partial charge >= 0.3 is 0 Å². The SMILES string of the molecule is CN=C(NCc1ccn(C)c1)NCC(C)(C)Cc1ccccc1.I. The lowest BCUT2D eigenvalue weighted by atomic mass is 9.86. The van der Waals surface area contributed by atoms with Crippen molar-refractivity contribution in [2.45, 2.75) is 26.8 Å². The lowest BCUT2D eigenvalue weighted by Gasteiger charge is -2.26. The van der Waals surface area contributed by atoms with Gasteiger partial charge in [0.15, 0.2) is 5.96 Å². The number of guanidine groups is 1. The summed E-state index contributed by atoms with van der Waals surface area (Å²) in [7, 11) is 3.84. The van der Waals surface area contributed by atoms with Gasteiger partial charge in [-0.1, -0.05) is 44.2 Å². The number of nitrogens with zero attached hydrogens (tertiary/aromatic N) is 2. The van der Waals surface area contributed by atoms with Gasteiger partial charge in [0.05, 0.1) is 0 Å². The summed E-state index contributed by atoms with van der Waals surface area (Å²) < 4.78 is 2.05. The summed E-state index contributed by atoms with van der Waals surface area (Å²) in [4.78, 5) is 4.31. The normalized spacial score (nSPS) is 11.8. The zero-order valence-electron chi connectivity index (χ0n) is 15.0. The molecule has 0 saturated heterocycles. The van der Waals surface area contributed by atoms with Crippen molar-refractivity contribution in [1.82, 2.24) is 15.2 Å². The third kappa shape index (κ3) is 6.95. The Morgan fingerprint density at radius 3 is 2.38 bits per heavy atom. The van der Waals surface area contributed by atoms with Crippen molar-refractivity contribution in [1.29, 1.82) is 0 Å². The molecular weight excluding hydrogens is 411 g/mol. The van der Waals surface area contributed by atoms with Crippen molar-refractivity contribution in [2.24, 2.45) is 17.5 Å². The first kappa shape index (κ1) is 20.5. The molecule has 2 N–H and O–H groups in total. The van der Waals surface area contributed by atoms with Gasteiger partial charge in [0.25, 0.3) is 0 Å². The van der Waals surface area contributed by atoms with Crippen molar-refractivity contribution >= 4 is 29.9 Å². The third-order valence-corrected chi connectivity index (χ3v) is 3.84. The van der Waals surface area contributed by atoms with Crippen LogP contribution in [0.4, 0.5) is 0 Å².